The zero-order chi connectivity index (χ0) is 25.7. The highest BCUT2D eigenvalue weighted by Gasteiger charge is 2.26. The summed E-state index contributed by atoms with van der Waals surface area (Å²) in [6, 6.07) is 20.1. The maximum Gasteiger partial charge on any atom is 0.338 e. The number of fused-ring (bicyclic) bond motifs is 1. The molecule has 0 saturated carbocycles. The summed E-state index contributed by atoms with van der Waals surface area (Å²) in [5, 5.41) is 3.44. The van der Waals surface area contributed by atoms with Gasteiger partial charge in [0.05, 0.1) is 22.6 Å². The van der Waals surface area contributed by atoms with Crippen molar-refractivity contribution in [3.63, 3.8) is 0 Å². The molecule has 184 valence electrons. The van der Waals surface area contributed by atoms with E-state index in [0.29, 0.717) is 32.8 Å². The molecule has 0 saturated heterocycles. The molecule has 8 heteroatoms. The first kappa shape index (κ1) is 25.0. The highest BCUT2D eigenvalue weighted by Crippen LogP contribution is 2.35. The molecule has 4 aromatic rings. The van der Waals surface area contributed by atoms with Crippen molar-refractivity contribution in [1.29, 1.82) is 0 Å². The molecule has 1 aromatic heterocycles. The minimum Gasteiger partial charge on any atom is -0.473 e. The number of nitrogens with one attached hydrogen (secondary N) is 1. The van der Waals surface area contributed by atoms with Crippen LogP contribution in [0.1, 0.15) is 30.6 Å². The first-order valence-electron chi connectivity index (χ1n) is 11.5. The number of amides is 1. The van der Waals surface area contributed by atoms with Crippen LogP contribution >= 0.6 is 11.6 Å². The second-order valence-electron chi connectivity index (χ2n) is 7.87. The average molecular weight is 506 g/mol. The fraction of sp³-hybridized carbons (Fsp3) is 0.179. The normalized spacial score (nSPS) is 11.6. The molecule has 36 heavy (non-hydrogen) atoms. The Morgan fingerprint density at radius 3 is 2.50 bits per heavy atom. The summed E-state index contributed by atoms with van der Waals surface area (Å²) in [6.45, 7) is 3.72. The van der Waals surface area contributed by atoms with E-state index in [0.717, 1.165) is 0 Å². The van der Waals surface area contributed by atoms with Crippen molar-refractivity contribution in [3.05, 3.63) is 93.6 Å². The molecule has 4 rings (SSSR count). The summed E-state index contributed by atoms with van der Waals surface area (Å²) >= 11 is 6.40. The predicted molar refractivity (Wildman–Crippen MR) is 139 cm³/mol. The van der Waals surface area contributed by atoms with Crippen LogP contribution in [-0.2, 0) is 9.53 Å². The lowest BCUT2D eigenvalue weighted by molar-refractivity contribution is -0.122. The number of halogens is 1. The standard InChI is InChI=1S/C28H24ClNO6/c1-3-22(27(32)30-18-11-9-10-17(16-18)28(33)34-4-2)35-26-24(31)20-13-6-8-15-23(20)36-25(26)19-12-5-7-14-21(19)29/h5-16,22H,3-4H2,1-2H3,(H,30,32). The van der Waals surface area contributed by atoms with Crippen LogP contribution in [0.4, 0.5) is 5.69 Å². The molecule has 0 bridgehead atoms. The van der Waals surface area contributed by atoms with Gasteiger partial charge in [0, 0.05) is 11.3 Å². The first-order chi connectivity index (χ1) is 17.4. The minimum absolute atomic E-state index is 0.107. The Hall–Kier alpha value is -4.10. The van der Waals surface area contributed by atoms with Crippen molar-refractivity contribution in [2.24, 2.45) is 0 Å². The molecular formula is C28H24ClNO6. The third kappa shape index (κ3) is 5.26. The number of carbonyl (C=O) groups is 2. The van der Waals surface area contributed by atoms with E-state index in [1.165, 1.54) is 6.07 Å². The van der Waals surface area contributed by atoms with Gasteiger partial charge in [-0.25, -0.2) is 4.79 Å². The summed E-state index contributed by atoms with van der Waals surface area (Å²) < 4.78 is 17.1. The Morgan fingerprint density at radius 1 is 1.00 bits per heavy atom. The fourth-order valence-electron chi connectivity index (χ4n) is 3.68. The molecule has 0 aliphatic rings. The quantitative estimate of drug-likeness (QED) is 0.291. The molecule has 1 unspecified atom stereocenters. The van der Waals surface area contributed by atoms with Crippen LogP contribution in [0.25, 0.3) is 22.3 Å². The summed E-state index contributed by atoms with van der Waals surface area (Å²) in [6.07, 6.45) is -0.765. The van der Waals surface area contributed by atoms with Crippen molar-refractivity contribution >= 4 is 40.1 Å². The highest BCUT2D eigenvalue weighted by atomic mass is 35.5. The number of benzene rings is 3. The van der Waals surface area contributed by atoms with Crippen molar-refractivity contribution in [2.75, 3.05) is 11.9 Å². The molecule has 0 aliphatic carbocycles. The van der Waals surface area contributed by atoms with Crippen LogP contribution in [0.5, 0.6) is 5.75 Å². The average Bonchev–Trinajstić information content (AvgIpc) is 2.89. The van der Waals surface area contributed by atoms with Gasteiger partial charge in [-0.15, -0.1) is 0 Å². The van der Waals surface area contributed by atoms with Crippen LogP contribution in [0.3, 0.4) is 0 Å². The van der Waals surface area contributed by atoms with E-state index in [1.54, 1.807) is 80.6 Å². The zero-order valence-corrected chi connectivity index (χ0v) is 20.5. The van der Waals surface area contributed by atoms with Gasteiger partial charge in [-0.1, -0.05) is 48.9 Å². The number of hydrogen-bond acceptors (Lipinski definition) is 6. The Labute approximate surface area is 212 Å². The van der Waals surface area contributed by atoms with E-state index < -0.39 is 23.4 Å². The summed E-state index contributed by atoms with van der Waals surface area (Å²) in [5.41, 5.74) is 1.12. The maximum atomic E-state index is 13.4. The van der Waals surface area contributed by atoms with E-state index in [-0.39, 0.29) is 24.5 Å². The summed E-state index contributed by atoms with van der Waals surface area (Å²) in [7, 11) is 0. The molecule has 1 N–H and O–H groups in total. The molecule has 0 fully saturated rings. The van der Waals surface area contributed by atoms with Gasteiger partial charge < -0.3 is 19.2 Å². The number of anilines is 1. The topological polar surface area (TPSA) is 94.8 Å². The van der Waals surface area contributed by atoms with Crippen molar-refractivity contribution in [2.45, 2.75) is 26.4 Å². The van der Waals surface area contributed by atoms with Crippen LogP contribution in [-0.4, -0.2) is 24.6 Å². The van der Waals surface area contributed by atoms with E-state index in [2.05, 4.69) is 5.32 Å². The van der Waals surface area contributed by atoms with Crippen molar-refractivity contribution < 1.29 is 23.5 Å². The molecular weight excluding hydrogens is 482 g/mol. The zero-order valence-electron chi connectivity index (χ0n) is 19.7. The molecule has 1 atom stereocenters. The summed E-state index contributed by atoms with van der Waals surface area (Å²) in [5.74, 6) is -0.949. The smallest absolute Gasteiger partial charge is 0.338 e. The number of para-hydroxylation sites is 1. The first-order valence-corrected chi connectivity index (χ1v) is 11.9. The molecule has 1 heterocycles. The minimum atomic E-state index is -1.03. The second-order valence-corrected chi connectivity index (χ2v) is 8.28. The van der Waals surface area contributed by atoms with Gasteiger partial charge in [-0.2, -0.15) is 0 Å². The third-order valence-electron chi connectivity index (χ3n) is 5.44. The van der Waals surface area contributed by atoms with Gasteiger partial charge in [0.25, 0.3) is 5.91 Å². The SMILES string of the molecule is CCOC(=O)c1cccc(NC(=O)C(CC)Oc2c(-c3ccccc3Cl)oc3ccccc3c2=O)c1. The molecule has 0 aliphatic heterocycles. The molecule has 0 spiro atoms. The molecule has 1 amide bonds. The Bertz CT molecular complexity index is 1480. The number of hydrogen-bond donors (Lipinski definition) is 1. The Morgan fingerprint density at radius 2 is 1.75 bits per heavy atom. The van der Waals surface area contributed by atoms with Crippen molar-refractivity contribution in [3.8, 4) is 17.1 Å². The maximum absolute atomic E-state index is 13.4. The lowest BCUT2D eigenvalue weighted by atomic mass is 10.1. The number of ether oxygens (including phenoxy) is 2. The van der Waals surface area contributed by atoms with Crippen LogP contribution in [0, 0.1) is 0 Å². The largest absolute Gasteiger partial charge is 0.473 e. The van der Waals surface area contributed by atoms with Crippen molar-refractivity contribution in [1.82, 2.24) is 0 Å². The molecule has 7 nitrogen and oxygen atoms in total. The van der Waals surface area contributed by atoms with Gasteiger partial charge in [-0.05, 0) is 55.8 Å². The van der Waals surface area contributed by atoms with E-state index in [4.69, 9.17) is 25.5 Å². The third-order valence-corrected chi connectivity index (χ3v) is 5.77. The van der Waals surface area contributed by atoms with Gasteiger partial charge in [0.1, 0.15) is 5.58 Å². The Balaban J connectivity index is 1.69. The van der Waals surface area contributed by atoms with E-state index in [1.807, 2.05) is 0 Å². The van der Waals surface area contributed by atoms with Gasteiger partial charge in [-0.3, -0.25) is 9.59 Å². The van der Waals surface area contributed by atoms with E-state index in [9.17, 15) is 14.4 Å². The number of carbonyl (C=O) groups excluding carboxylic acids is 2. The highest BCUT2D eigenvalue weighted by molar-refractivity contribution is 6.33. The molecule has 3 aromatic carbocycles. The van der Waals surface area contributed by atoms with Crippen LogP contribution in [0.2, 0.25) is 5.02 Å². The second kappa shape index (κ2) is 11.1. The van der Waals surface area contributed by atoms with Gasteiger partial charge in [0.2, 0.25) is 11.2 Å². The number of rotatable bonds is 8. The van der Waals surface area contributed by atoms with Gasteiger partial charge >= 0.3 is 5.97 Å². The Kier molecular flexibility index (Phi) is 7.71. The lowest BCUT2D eigenvalue weighted by Crippen LogP contribution is -2.34. The predicted octanol–water partition coefficient (Wildman–Crippen LogP) is 6.09. The van der Waals surface area contributed by atoms with Crippen LogP contribution in [0.15, 0.2) is 82.0 Å². The lowest BCUT2D eigenvalue weighted by Gasteiger charge is -2.19. The summed E-state index contributed by atoms with van der Waals surface area (Å²) in [4.78, 5) is 38.6. The number of esters is 1. The van der Waals surface area contributed by atoms with Gasteiger partial charge in [0.15, 0.2) is 11.9 Å². The monoisotopic (exact) mass is 505 g/mol. The molecule has 0 radical (unpaired) electrons. The van der Waals surface area contributed by atoms with E-state index >= 15 is 0 Å². The van der Waals surface area contributed by atoms with Crippen LogP contribution < -0.4 is 15.5 Å². The fourth-order valence-corrected chi connectivity index (χ4v) is 3.90.